The lowest BCUT2D eigenvalue weighted by atomic mass is 9.91. The van der Waals surface area contributed by atoms with Gasteiger partial charge in [-0.15, -0.1) is 0 Å². The van der Waals surface area contributed by atoms with Crippen LogP contribution in [0, 0.1) is 0 Å². The van der Waals surface area contributed by atoms with Crippen molar-refractivity contribution in [3.05, 3.63) is 69.1 Å². The molecule has 0 aliphatic heterocycles. The van der Waals surface area contributed by atoms with Gasteiger partial charge in [-0.05, 0) is 66.3 Å². The lowest BCUT2D eigenvalue weighted by Crippen LogP contribution is -2.22. The van der Waals surface area contributed by atoms with E-state index in [0.717, 1.165) is 59.0 Å². The number of hydrogen-bond acceptors (Lipinski definition) is 4. The van der Waals surface area contributed by atoms with Crippen LogP contribution in [0.5, 0.6) is 5.75 Å². The van der Waals surface area contributed by atoms with Crippen LogP contribution in [0.2, 0.25) is 0 Å². The average molecular weight is 434 g/mol. The Morgan fingerprint density at radius 2 is 1.66 bits per heavy atom. The number of fused-ring (bicyclic) bond motifs is 3. The molecule has 0 bridgehead atoms. The monoisotopic (exact) mass is 433 g/mol. The zero-order chi connectivity index (χ0) is 22.8. The normalized spacial score (nSPS) is 13.4. The van der Waals surface area contributed by atoms with Crippen molar-refractivity contribution in [2.75, 3.05) is 11.9 Å². The molecule has 0 saturated heterocycles. The number of rotatable bonds is 6. The summed E-state index contributed by atoms with van der Waals surface area (Å²) in [5, 5.41) is 4.02. The number of carbonyl (C=O) groups is 1. The molecule has 0 fully saturated rings. The second-order valence-electron chi connectivity index (χ2n) is 9.17. The van der Waals surface area contributed by atoms with Crippen LogP contribution >= 0.6 is 0 Å². The van der Waals surface area contributed by atoms with Gasteiger partial charge >= 0.3 is 5.63 Å². The molecule has 1 heterocycles. The summed E-state index contributed by atoms with van der Waals surface area (Å²) in [4.78, 5) is 25.1. The van der Waals surface area contributed by atoms with Gasteiger partial charge in [-0.25, -0.2) is 4.79 Å². The van der Waals surface area contributed by atoms with E-state index in [1.165, 1.54) is 0 Å². The van der Waals surface area contributed by atoms with Crippen molar-refractivity contribution in [1.82, 2.24) is 0 Å². The Morgan fingerprint density at radius 3 is 2.31 bits per heavy atom. The lowest BCUT2D eigenvalue weighted by molar-refractivity contribution is -0.118. The van der Waals surface area contributed by atoms with Crippen molar-refractivity contribution in [1.29, 1.82) is 0 Å². The Labute approximate surface area is 188 Å². The molecule has 5 nitrogen and oxygen atoms in total. The summed E-state index contributed by atoms with van der Waals surface area (Å²) in [6.07, 6.45) is 3.79. The van der Waals surface area contributed by atoms with Crippen molar-refractivity contribution >= 4 is 22.6 Å². The first-order valence-electron chi connectivity index (χ1n) is 11.5. The van der Waals surface area contributed by atoms with E-state index in [2.05, 4.69) is 45.1 Å². The molecule has 168 valence electrons. The van der Waals surface area contributed by atoms with Gasteiger partial charge in [-0.2, -0.15) is 0 Å². The van der Waals surface area contributed by atoms with E-state index in [0.29, 0.717) is 23.2 Å². The second-order valence-corrected chi connectivity index (χ2v) is 9.17. The first-order valence-corrected chi connectivity index (χ1v) is 11.5. The van der Waals surface area contributed by atoms with Crippen LogP contribution in [-0.4, -0.2) is 12.5 Å². The van der Waals surface area contributed by atoms with Crippen LogP contribution in [0.15, 0.2) is 45.6 Å². The van der Waals surface area contributed by atoms with Gasteiger partial charge < -0.3 is 14.5 Å². The molecule has 0 unspecified atom stereocenters. The highest BCUT2D eigenvalue weighted by Gasteiger charge is 2.19. The molecule has 1 aromatic heterocycles. The number of nitrogens with one attached hydrogen (secondary N) is 1. The summed E-state index contributed by atoms with van der Waals surface area (Å²) in [5.41, 5.74) is 5.26. The molecular formula is C27H31NO4. The summed E-state index contributed by atoms with van der Waals surface area (Å²) < 4.78 is 11.3. The van der Waals surface area contributed by atoms with E-state index in [4.69, 9.17) is 9.15 Å². The number of amides is 1. The van der Waals surface area contributed by atoms with Gasteiger partial charge in [0.2, 0.25) is 0 Å². The zero-order valence-corrected chi connectivity index (χ0v) is 19.3. The Balaban J connectivity index is 1.52. The molecule has 1 aliphatic rings. The molecule has 0 radical (unpaired) electrons. The first-order chi connectivity index (χ1) is 15.3. The SMILES string of the molecule is CC(C)c1cccc(C(C)C)c1NC(=O)COc1ccc2c3c(c(=O)oc2c1)CCCC3. The lowest BCUT2D eigenvalue weighted by Gasteiger charge is -2.20. The highest BCUT2D eigenvalue weighted by atomic mass is 16.5. The van der Waals surface area contributed by atoms with E-state index >= 15 is 0 Å². The van der Waals surface area contributed by atoms with E-state index in [1.54, 1.807) is 6.07 Å². The van der Waals surface area contributed by atoms with Gasteiger partial charge in [0.25, 0.3) is 5.91 Å². The molecule has 1 aliphatic carbocycles. The fourth-order valence-electron chi connectivity index (χ4n) is 4.54. The quantitative estimate of drug-likeness (QED) is 0.489. The molecule has 0 spiro atoms. The Bertz CT molecular complexity index is 1180. The highest BCUT2D eigenvalue weighted by Crippen LogP contribution is 2.33. The Morgan fingerprint density at radius 1 is 1.00 bits per heavy atom. The molecule has 1 N–H and O–H groups in total. The second kappa shape index (κ2) is 9.19. The Hall–Kier alpha value is -3.08. The molecule has 0 saturated carbocycles. The molecular weight excluding hydrogens is 402 g/mol. The highest BCUT2D eigenvalue weighted by molar-refractivity contribution is 5.94. The maximum absolute atomic E-state index is 12.7. The molecule has 3 aromatic rings. The van der Waals surface area contributed by atoms with Crippen LogP contribution in [0.1, 0.15) is 74.6 Å². The maximum atomic E-state index is 12.7. The average Bonchev–Trinajstić information content (AvgIpc) is 2.77. The number of aryl methyl sites for hydroxylation is 1. The van der Waals surface area contributed by atoms with Gasteiger partial charge in [0, 0.05) is 22.7 Å². The van der Waals surface area contributed by atoms with Crippen LogP contribution in [0.25, 0.3) is 11.0 Å². The van der Waals surface area contributed by atoms with Gasteiger partial charge in [0.1, 0.15) is 11.3 Å². The van der Waals surface area contributed by atoms with Gasteiger partial charge in [0.05, 0.1) is 0 Å². The van der Waals surface area contributed by atoms with Crippen molar-refractivity contribution < 1.29 is 13.9 Å². The number of ether oxygens (including phenoxy) is 1. The van der Waals surface area contributed by atoms with Crippen molar-refractivity contribution in [3.8, 4) is 5.75 Å². The van der Waals surface area contributed by atoms with E-state index in [-0.39, 0.29) is 18.1 Å². The van der Waals surface area contributed by atoms with Crippen molar-refractivity contribution in [2.24, 2.45) is 0 Å². The third kappa shape index (κ3) is 4.43. The minimum atomic E-state index is -0.256. The van der Waals surface area contributed by atoms with Crippen LogP contribution < -0.4 is 15.7 Å². The summed E-state index contributed by atoms with van der Waals surface area (Å²) in [7, 11) is 0. The number of benzene rings is 2. The molecule has 0 atom stereocenters. The Kier molecular flexibility index (Phi) is 6.35. The molecule has 1 amide bonds. The van der Waals surface area contributed by atoms with Crippen molar-refractivity contribution in [3.63, 3.8) is 0 Å². The smallest absolute Gasteiger partial charge is 0.339 e. The largest absolute Gasteiger partial charge is 0.484 e. The number of carbonyl (C=O) groups excluding carboxylic acids is 1. The van der Waals surface area contributed by atoms with E-state index in [1.807, 2.05) is 18.2 Å². The van der Waals surface area contributed by atoms with Crippen LogP contribution in [0.4, 0.5) is 5.69 Å². The van der Waals surface area contributed by atoms with Crippen molar-refractivity contribution in [2.45, 2.75) is 65.2 Å². The number of anilines is 1. The van der Waals surface area contributed by atoms with Gasteiger partial charge in [0.15, 0.2) is 6.61 Å². The van der Waals surface area contributed by atoms with E-state index in [9.17, 15) is 9.59 Å². The predicted octanol–water partition coefficient (Wildman–Crippen LogP) is 5.94. The fourth-order valence-corrected chi connectivity index (χ4v) is 4.54. The number of hydrogen-bond donors (Lipinski definition) is 1. The summed E-state index contributed by atoms with van der Waals surface area (Å²) in [6, 6.07) is 11.6. The predicted molar refractivity (Wildman–Crippen MR) is 128 cm³/mol. The molecule has 2 aromatic carbocycles. The molecule has 5 heteroatoms. The summed E-state index contributed by atoms with van der Waals surface area (Å²) in [5.74, 6) is 0.873. The zero-order valence-electron chi connectivity index (χ0n) is 19.3. The first kappa shape index (κ1) is 22.1. The summed E-state index contributed by atoms with van der Waals surface area (Å²) >= 11 is 0. The fraction of sp³-hybridized carbons (Fsp3) is 0.407. The minimum Gasteiger partial charge on any atom is -0.484 e. The van der Waals surface area contributed by atoms with Crippen LogP contribution in [0.3, 0.4) is 0 Å². The topological polar surface area (TPSA) is 68.5 Å². The van der Waals surface area contributed by atoms with Crippen LogP contribution in [-0.2, 0) is 17.6 Å². The van der Waals surface area contributed by atoms with Gasteiger partial charge in [-0.1, -0.05) is 45.9 Å². The minimum absolute atomic E-state index is 0.120. The third-order valence-electron chi connectivity index (χ3n) is 6.20. The maximum Gasteiger partial charge on any atom is 0.339 e. The molecule has 32 heavy (non-hydrogen) atoms. The van der Waals surface area contributed by atoms with E-state index < -0.39 is 0 Å². The standard InChI is InChI=1S/C27H31NO4/c1-16(2)19-10-7-11-20(17(3)4)26(19)28-25(29)15-31-18-12-13-22-21-8-5-6-9-23(21)27(30)32-24(22)14-18/h7,10-14,16-17H,5-6,8-9,15H2,1-4H3,(H,28,29). The van der Waals surface area contributed by atoms with Gasteiger partial charge in [-0.3, -0.25) is 4.79 Å². The number of para-hydroxylation sites is 1. The molecule has 4 rings (SSSR count). The third-order valence-corrected chi connectivity index (χ3v) is 6.20. The summed E-state index contributed by atoms with van der Waals surface area (Å²) in [6.45, 7) is 8.35.